The minimum atomic E-state index is -3.90. The molecule has 0 spiro atoms. The first-order valence-corrected chi connectivity index (χ1v) is 12.8. The summed E-state index contributed by atoms with van der Waals surface area (Å²) in [6.45, 7) is 1.91. The van der Waals surface area contributed by atoms with E-state index in [4.69, 9.17) is 0 Å². The fraction of sp³-hybridized carbons (Fsp3) is 0.667. The van der Waals surface area contributed by atoms with Crippen LogP contribution in [0.4, 0.5) is 4.39 Å². The number of rotatable bonds is 7. The molecule has 0 unspecified atom stereocenters. The van der Waals surface area contributed by atoms with Gasteiger partial charge in [-0.2, -0.15) is 8.61 Å². The van der Waals surface area contributed by atoms with Crippen LogP contribution in [0.15, 0.2) is 29.2 Å². The van der Waals surface area contributed by atoms with Crippen molar-refractivity contribution < 1.29 is 21.2 Å². The summed E-state index contributed by atoms with van der Waals surface area (Å²) >= 11 is 0. The van der Waals surface area contributed by atoms with Crippen LogP contribution in [0.1, 0.15) is 32.1 Å². The standard InChI is InChI=1S/C18H28FN3O4S2/c19-16-6-8-18(9-7-16)28(25,26)22(17-4-2-1-3-5-17)14-15-27(23,24)21-12-10-20-11-13-21/h6-9,17,20H,1-5,10-15H2. The summed E-state index contributed by atoms with van der Waals surface area (Å²) in [5.41, 5.74) is 0. The largest absolute Gasteiger partial charge is 0.314 e. The average Bonchev–Trinajstić information content (AvgIpc) is 2.70. The number of benzene rings is 1. The van der Waals surface area contributed by atoms with Gasteiger partial charge in [0, 0.05) is 38.8 Å². The highest BCUT2D eigenvalue weighted by Crippen LogP contribution is 2.28. The van der Waals surface area contributed by atoms with Crippen molar-refractivity contribution >= 4 is 20.0 Å². The Kier molecular flexibility index (Phi) is 7.08. The molecule has 7 nitrogen and oxygen atoms in total. The molecule has 3 rings (SSSR count). The van der Waals surface area contributed by atoms with E-state index in [0.29, 0.717) is 39.0 Å². The van der Waals surface area contributed by atoms with Gasteiger partial charge in [0.1, 0.15) is 5.82 Å². The lowest BCUT2D eigenvalue weighted by atomic mass is 9.95. The van der Waals surface area contributed by atoms with Gasteiger partial charge < -0.3 is 5.32 Å². The van der Waals surface area contributed by atoms with Gasteiger partial charge >= 0.3 is 0 Å². The van der Waals surface area contributed by atoms with Crippen molar-refractivity contribution in [1.82, 2.24) is 13.9 Å². The molecule has 0 atom stereocenters. The normalized spacial score (nSPS) is 20.5. The van der Waals surface area contributed by atoms with Crippen LogP contribution < -0.4 is 5.32 Å². The zero-order valence-corrected chi connectivity index (χ0v) is 17.5. The highest BCUT2D eigenvalue weighted by atomic mass is 32.2. The van der Waals surface area contributed by atoms with E-state index in [-0.39, 0.29) is 23.2 Å². The molecule has 1 aliphatic carbocycles. The Balaban J connectivity index is 1.81. The fourth-order valence-corrected chi connectivity index (χ4v) is 7.09. The molecule has 10 heteroatoms. The molecule has 2 fully saturated rings. The van der Waals surface area contributed by atoms with E-state index in [1.807, 2.05) is 0 Å². The number of nitrogens with zero attached hydrogens (tertiary/aromatic N) is 2. The van der Waals surface area contributed by atoms with Gasteiger partial charge in [0.15, 0.2) is 0 Å². The van der Waals surface area contributed by atoms with Gasteiger partial charge in [-0.3, -0.25) is 0 Å². The molecule has 28 heavy (non-hydrogen) atoms. The minimum Gasteiger partial charge on any atom is -0.314 e. The molecule has 1 aromatic carbocycles. The van der Waals surface area contributed by atoms with Crippen LogP contribution in [0.2, 0.25) is 0 Å². The second kappa shape index (κ2) is 9.17. The number of halogens is 1. The van der Waals surface area contributed by atoms with Gasteiger partial charge in [0.2, 0.25) is 20.0 Å². The Labute approximate surface area is 167 Å². The molecule has 0 bridgehead atoms. The predicted octanol–water partition coefficient (Wildman–Crippen LogP) is 1.38. The zero-order chi connectivity index (χ0) is 20.2. The molecular weight excluding hydrogens is 405 g/mol. The lowest BCUT2D eigenvalue weighted by molar-refractivity contribution is 0.260. The summed E-state index contributed by atoms with van der Waals surface area (Å²) in [5, 5.41) is 3.11. The number of sulfonamides is 2. The Morgan fingerprint density at radius 1 is 1.00 bits per heavy atom. The molecule has 1 aromatic rings. The quantitative estimate of drug-likeness (QED) is 0.702. The third-order valence-corrected chi connectivity index (χ3v) is 9.26. The van der Waals surface area contributed by atoms with Gasteiger partial charge in [0.05, 0.1) is 10.6 Å². The second-order valence-corrected chi connectivity index (χ2v) is 11.3. The minimum absolute atomic E-state index is 0.000885. The SMILES string of the molecule is O=S(=O)(CCN(C1CCCCC1)S(=O)(=O)c1ccc(F)cc1)N1CCNCC1. The second-order valence-electron chi connectivity index (χ2n) is 7.33. The van der Waals surface area contributed by atoms with E-state index < -0.39 is 25.9 Å². The molecule has 0 aromatic heterocycles. The fourth-order valence-electron chi connectivity index (χ4n) is 3.87. The summed E-state index contributed by atoms with van der Waals surface area (Å²) < 4.78 is 67.9. The summed E-state index contributed by atoms with van der Waals surface area (Å²) in [6.07, 6.45) is 4.33. The summed E-state index contributed by atoms with van der Waals surface area (Å²) in [6, 6.07) is 4.49. The van der Waals surface area contributed by atoms with Crippen LogP contribution >= 0.6 is 0 Å². The van der Waals surface area contributed by atoms with Gasteiger partial charge in [0.25, 0.3) is 0 Å². The predicted molar refractivity (Wildman–Crippen MR) is 105 cm³/mol. The number of hydrogen-bond donors (Lipinski definition) is 1. The summed E-state index contributed by atoms with van der Waals surface area (Å²) in [5.74, 6) is -0.756. The van der Waals surface area contributed by atoms with E-state index in [1.165, 1.54) is 20.7 Å². The van der Waals surface area contributed by atoms with E-state index >= 15 is 0 Å². The molecule has 1 aliphatic heterocycles. The van der Waals surface area contributed by atoms with Crippen molar-refractivity contribution in [2.24, 2.45) is 0 Å². The first-order chi connectivity index (χ1) is 13.3. The third kappa shape index (κ3) is 5.10. The van der Waals surface area contributed by atoms with Crippen molar-refractivity contribution in [2.45, 2.75) is 43.0 Å². The maximum Gasteiger partial charge on any atom is 0.243 e. The number of piperazine rings is 1. The highest BCUT2D eigenvalue weighted by molar-refractivity contribution is 7.90. The Hall–Kier alpha value is -1.07. The van der Waals surface area contributed by atoms with Gasteiger partial charge in [-0.25, -0.2) is 21.2 Å². The number of hydrogen-bond acceptors (Lipinski definition) is 5. The van der Waals surface area contributed by atoms with Crippen LogP contribution in [0, 0.1) is 5.82 Å². The lowest BCUT2D eigenvalue weighted by Gasteiger charge is -2.34. The highest BCUT2D eigenvalue weighted by Gasteiger charge is 2.34. The van der Waals surface area contributed by atoms with Crippen LogP contribution in [0.3, 0.4) is 0 Å². The lowest BCUT2D eigenvalue weighted by Crippen LogP contribution is -2.49. The van der Waals surface area contributed by atoms with E-state index in [1.54, 1.807) is 0 Å². The van der Waals surface area contributed by atoms with Crippen molar-refractivity contribution in [3.8, 4) is 0 Å². The van der Waals surface area contributed by atoms with E-state index in [9.17, 15) is 21.2 Å². The van der Waals surface area contributed by atoms with Crippen LogP contribution in [0.25, 0.3) is 0 Å². The molecule has 1 saturated heterocycles. The zero-order valence-electron chi connectivity index (χ0n) is 15.9. The third-order valence-electron chi connectivity index (χ3n) is 5.44. The number of nitrogens with one attached hydrogen (secondary N) is 1. The van der Waals surface area contributed by atoms with Crippen LogP contribution in [0.5, 0.6) is 0 Å². The van der Waals surface area contributed by atoms with Crippen LogP contribution in [-0.2, 0) is 20.0 Å². The van der Waals surface area contributed by atoms with Crippen molar-refractivity contribution in [2.75, 3.05) is 38.5 Å². The smallest absolute Gasteiger partial charge is 0.243 e. The molecule has 1 heterocycles. The molecule has 158 valence electrons. The Bertz CT molecular complexity index is 847. The molecular formula is C18H28FN3O4S2. The average molecular weight is 434 g/mol. The first kappa shape index (κ1) is 21.6. The molecule has 2 aliphatic rings. The maximum absolute atomic E-state index is 13.2. The Morgan fingerprint density at radius 3 is 2.21 bits per heavy atom. The summed E-state index contributed by atoms with van der Waals surface area (Å²) in [7, 11) is -7.44. The van der Waals surface area contributed by atoms with Crippen molar-refractivity contribution in [3.63, 3.8) is 0 Å². The van der Waals surface area contributed by atoms with Crippen molar-refractivity contribution in [1.29, 1.82) is 0 Å². The van der Waals surface area contributed by atoms with Gasteiger partial charge in [-0.05, 0) is 37.1 Å². The molecule has 0 amide bonds. The maximum atomic E-state index is 13.2. The molecule has 0 radical (unpaired) electrons. The monoisotopic (exact) mass is 433 g/mol. The molecule has 1 saturated carbocycles. The molecule has 1 N–H and O–H groups in total. The van der Waals surface area contributed by atoms with E-state index in [0.717, 1.165) is 31.4 Å². The first-order valence-electron chi connectivity index (χ1n) is 9.77. The summed E-state index contributed by atoms with van der Waals surface area (Å²) in [4.78, 5) is -0.000885. The topological polar surface area (TPSA) is 86.8 Å². The van der Waals surface area contributed by atoms with Crippen molar-refractivity contribution in [3.05, 3.63) is 30.1 Å². The Morgan fingerprint density at radius 2 is 1.61 bits per heavy atom. The van der Waals surface area contributed by atoms with Crippen LogP contribution in [-0.4, -0.2) is 70.0 Å². The van der Waals surface area contributed by atoms with Gasteiger partial charge in [-0.1, -0.05) is 19.3 Å². The van der Waals surface area contributed by atoms with Gasteiger partial charge in [-0.15, -0.1) is 0 Å². The van der Waals surface area contributed by atoms with E-state index in [2.05, 4.69) is 5.32 Å².